The molecule has 0 unspecified atom stereocenters. The minimum Gasteiger partial charge on any atom is -0.399 e. The highest BCUT2D eigenvalue weighted by Crippen LogP contribution is 2.28. The van der Waals surface area contributed by atoms with E-state index in [-0.39, 0.29) is 4.90 Å². The van der Waals surface area contributed by atoms with E-state index in [4.69, 9.17) is 5.73 Å². The highest BCUT2D eigenvalue weighted by molar-refractivity contribution is 7.93. The fraction of sp³-hybridized carbons (Fsp3) is 0.357. The number of sulfonamides is 1. The minimum atomic E-state index is -3.68. The molecule has 0 aliphatic carbocycles. The molecule has 0 radical (unpaired) electrons. The molecule has 21 heavy (non-hydrogen) atoms. The number of hydrogen-bond acceptors (Lipinski definition) is 5. The molecule has 114 valence electrons. The molecule has 1 heterocycles. The molecule has 7 heteroatoms. The summed E-state index contributed by atoms with van der Waals surface area (Å²) in [6.07, 6.45) is 0.778. The zero-order chi connectivity index (χ0) is 15.8. The van der Waals surface area contributed by atoms with E-state index in [1.54, 1.807) is 13.0 Å². The molecule has 2 rings (SSSR count). The van der Waals surface area contributed by atoms with Crippen molar-refractivity contribution in [3.63, 3.8) is 0 Å². The molecule has 0 aliphatic heterocycles. The van der Waals surface area contributed by atoms with Crippen LogP contribution in [0, 0.1) is 20.8 Å². The Morgan fingerprint density at radius 2 is 1.95 bits per heavy atom. The van der Waals surface area contributed by atoms with Crippen LogP contribution in [0.2, 0.25) is 0 Å². The summed E-state index contributed by atoms with van der Waals surface area (Å²) in [7, 11) is -3.68. The third kappa shape index (κ3) is 3.19. The maximum Gasteiger partial charge on any atom is 0.264 e. The minimum absolute atomic E-state index is 0.200. The van der Waals surface area contributed by atoms with E-state index in [1.165, 1.54) is 17.4 Å². The molecular weight excluding hydrogens is 306 g/mol. The smallest absolute Gasteiger partial charge is 0.264 e. The van der Waals surface area contributed by atoms with Crippen molar-refractivity contribution in [1.82, 2.24) is 4.98 Å². The predicted molar refractivity (Wildman–Crippen MR) is 87.4 cm³/mol. The molecule has 3 N–H and O–H groups in total. The molecule has 0 saturated carbocycles. The number of thiazole rings is 1. The summed E-state index contributed by atoms with van der Waals surface area (Å²) in [4.78, 5) is 5.53. The van der Waals surface area contributed by atoms with Crippen LogP contribution in [-0.4, -0.2) is 13.4 Å². The van der Waals surface area contributed by atoms with Crippen molar-refractivity contribution in [3.8, 4) is 0 Å². The zero-order valence-corrected chi connectivity index (χ0v) is 14.2. The maximum atomic E-state index is 12.5. The van der Waals surface area contributed by atoms with Gasteiger partial charge in [0.25, 0.3) is 10.0 Å². The summed E-state index contributed by atoms with van der Waals surface area (Å²) in [6, 6.07) is 3.24. The van der Waals surface area contributed by atoms with Crippen LogP contribution in [-0.2, 0) is 16.4 Å². The maximum absolute atomic E-state index is 12.5. The number of rotatable bonds is 4. The van der Waals surface area contributed by atoms with Gasteiger partial charge in [-0.25, -0.2) is 13.4 Å². The first kappa shape index (κ1) is 15.8. The van der Waals surface area contributed by atoms with E-state index in [0.717, 1.165) is 22.6 Å². The summed E-state index contributed by atoms with van der Waals surface area (Å²) in [6.45, 7) is 7.54. The van der Waals surface area contributed by atoms with E-state index in [9.17, 15) is 8.42 Å². The molecule has 5 nitrogen and oxygen atoms in total. The largest absolute Gasteiger partial charge is 0.399 e. The standard InChI is InChI=1S/C14H19N3O2S2/c1-5-12-10(4)20-14(16-12)17-21(18,19)13-7-11(15)6-8(2)9(13)3/h6-7H,5,15H2,1-4H3,(H,16,17). The summed E-state index contributed by atoms with van der Waals surface area (Å²) in [5.74, 6) is 0. The van der Waals surface area contributed by atoms with Gasteiger partial charge in [-0.1, -0.05) is 6.92 Å². The Bertz CT molecular complexity index is 780. The van der Waals surface area contributed by atoms with Crippen molar-refractivity contribution < 1.29 is 8.42 Å². The molecule has 0 spiro atoms. The van der Waals surface area contributed by atoms with Crippen molar-refractivity contribution in [3.05, 3.63) is 33.8 Å². The Morgan fingerprint density at radius 1 is 1.29 bits per heavy atom. The fourth-order valence-electron chi connectivity index (χ4n) is 2.10. The Labute approximate surface area is 129 Å². The average molecular weight is 325 g/mol. The van der Waals surface area contributed by atoms with Gasteiger partial charge in [-0.3, -0.25) is 4.72 Å². The monoisotopic (exact) mass is 325 g/mol. The van der Waals surface area contributed by atoms with E-state index in [0.29, 0.717) is 16.4 Å². The van der Waals surface area contributed by atoms with Crippen LogP contribution in [0.25, 0.3) is 0 Å². The van der Waals surface area contributed by atoms with Crippen molar-refractivity contribution in [2.75, 3.05) is 10.5 Å². The van der Waals surface area contributed by atoms with Crippen LogP contribution in [0.4, 0.5) is 10.8 Å². The molecule has 0 atom stereocenters. The first-order chi connectivity index (χ1) is 9.74. The lowest BCUT2D eigenvalue weighted by Gasteiger charge is -2.11. The topological polar surface area (TPSA) is 85.1 Å². The first-order valence-corrected chi connectivity index (χ1v) is 8.90. The van der Waals surface area contributed by atoms with E-state index in [1.807, 2.05) is 20.8 Å². The lowest BCUT2D eigenvalue weighted by atomic mass is 10.1. The van der Waals surface area contributed by atoms with Gasteiger partial charge in [0, 0.05) is 10.6 Å². The van der Waals surface area contributed by atoms with Gasteiger partial charge in [0.2, 0.25) is 0 Å². The normalized spacial score (nSPS) is 11.6. The van der Waals surface area contributed by atoms with E-state index < -0.39 is 10.0 Å². The molecular formula is C14H19N3O2S2. The highest BCUT2D eigenvalue weighted by atomic mass is 32.2. The second-order valence-corrected chi connectivity index (χ2v) is 7.80. The summed E-state index contributed by atoms with van der Waals surface area (Å²) in [5, 5.41) is 0.392. The van der Waals surface area contributed by atoms with Crippen LogP contribution in [0.3, 0.4) is 0 Å². The van der Waals surface area contributed by atoms with Gasteiger partial charge in [0.15, 0.2) is 5.13 Å². The summed E-state index contributed by atoms with van der Waals surface area (Å²) >= 11 is 1.34. The Hall–Kier alpha value is -1.60. The Morgan fingerprint density at radius 3 is 2.52 bits per heavy atom. The van der Waals surface area contributed by atoms with Crippen LogP contribution < -0.4 is 10.5 Å². The van der Waals surface area contributed by atoms with Crippen LogP contribution >= 0.6 is 11.3 Å². The van der Waals surface area contributed by atoms with Crippen LogP contribution in [0.5, 0.6) is 0 Å². The molecule has 0 amide bonds. The molecule has 0 saturated heterocycles. The molecule has 2 aromatic rings. The van der Waals surface area contributed by atoms with Gasteiger partial charge < -0.3 is 5.73 Å². The Balaban J connectivity index is 2.43. The zero-order valence-electron chi connectivity index (χ0n) is 12.5. The Kier molecular flexibility index (Phi) is 4.25. The quantitative estimate of drug-likeness (QED) is 0.846. The van der Waals surface area contributed by atoms with Gasteiger partial charge >= 0.3 is 0 Å². The number of aromatic nitrogens is 1. The van der Waals surface area contributed by atoms with Gasteiger partial charge in [0.05, 0.1) is 10.6 Å². The van der Waals surface area contributed by atoms with Crippen molar-refractivity contribution in [1.29, 1.82) is 0 Å². The van der Waals surface area contributed by atoms with Gasteiger partial charge in [0.1, 0.15) is 0 Å². The molecule has 1 aromatic heterocycles. The summed E-state index contributed by atoms with van der Waals surface area (Å²) in [5.41, 5.74) is 8.65. The average Bonchev–Trinajstić information content (AvgIpc) is 2.72. The first-order valence-electron chi connectivity index (χ1n) is 6.60. The van der Waals surface area contributed by atoms with Crippen LogP contribution in [0.1, 0.15) is 28.6 Å². The number of aryl methyl sites for hydroxylation is 3. The second kappa shape index (κ2) is 5.65. The molecule has 0 bridgehead atoms. The second-order valence-electron chi connectivity index (χ2n) is 4.94. The van der Waals surface area contributed by atoms with Crippen molar-refractivity contribution in [2.24, 2.45) is 0 Å². The molecule has 0 fully saturated rings. The van der Waals surface area contributed by atoms with E-state index in [2.05, 4.69) is 9.71 Å². The highest BCUT2D eigenvalue weighted by Gasteiger charge is 2.20. The third-order valence-electron chi connectivity index (χ3n) is 3.38. The number of anilines is 2. The third-order valence-corrected chi connectivity index (χ3v) is 5.90. The number of hydrogen-bond donors (Lipinski definition) is 2. The number of benzene rings is 1. The van der Waals surface area contributed by atoms with Crippen molar-refractivity contribution >= 4 is 32.2 Å². The molecule has 1 aromatic carbocycles. The summed E-state index contributed by atoms with van der Waals surface area (Å²) < 4.78 is 27.6. The SMILES string of the molecule is CCc1nc(NS(=O)(=O)c2cc(N)cc(C)c2C)sc1C. The molecule has 0 aliphatic rings. The number of nitrogens with one attached hydrogen (secondary N) is 1. The van der Waals surface area contributed by atoms with E-state index >= 15 is 0 Å². The van der Waals surface area contributed by atoms with Gasteiger partial charge in [-0.15, -0.1) is 11.3 Å². The lowest BCUT2D eigenvalue weighted by molar-refractivity contribution is 0.600. The predicted octanol–water partition coefficient (Wildman–Crippen LogP) is 3.01. The lowest BCUT2D eigenvalue weighted by Crippen LogP contribution is -2.15. The van der Waals surface area contributed by atoms with Gasteiger partial charge in [-0.2, -0.15) is 0 Å². The number of nitrogens with zero attached hydrogens (tertiary/aromatic N) is 1. The number of nitrogens with two attached hydrogens (primary N) is 1. The van der Waals surface area contributed by atoms with Crippen molar-refractivity contribution in [2.45, 2.75) is 39.0 Å². The van der Waals surface area contributed by atoms with Crippen LogP contribution in [0.15, 0.2) is 17.0 Å². The van der Waals surface area contributed by atoms with Gasteiger partial charge in [-0.05, 0) is 50.5 Å². The fourth-order valence-corrected chi connectivity index (χ4v) is 4.59. The number of nitrogen functional groups attached to an aromatic ring is 1.